The van der Waals surface area contributed by atoms with E-state index < -0.39 is 35.0 Å². The third-order valence-corrected chi connectivity index (χ3v) is 5.88. The van der Waals surface area contributed by atoms with Gasteiger partial charge < -0.3 is 15.5 Å². The SMILES string of the molecule is CC(C)(C)C.CNC(=O)CNC(=O)N1CCC(C#N)(c2ccc(Cl)cc2F)[C@H]1c1cccc(Cl)c1F. The van der Waals surface area contributed by atoms with Crippen molar-refractivity contribution in [2.45, 2.75) is 45.6 Å². The number of urea groups is 1. The Morgan fingerprint density at radius 2 is 1.83 bits per heavy atom. The smallest absolute Gasteiger partial charge is 0.318 e. The van der Waals surface area contributed by atoms with Gasteiger partial charge in [-0.1, -0.05) is 69.1 Å². The average Bonchev–Trinajstić information content (AvgIpc) is 3.18. The topological polar surface area (TPSA) is 85.2 Å². The van der Waals surface area contributed by atoms with Crippen LogP contribution in [-0.4, -0.2) is 37.0 Å². The molecule has 0 aromatic heterocycles. The van der Waals surface area contributed by atoms with E-state index in [1.165, 1.54) is 42.3 Å². The first-order valence-corrected chi connectivity index (χ1v) is 12.1. The summed E-state index contributed by atoms with van der Waals surface area (Å²) in [6.45, 7) is 8.46. The molecule has 2 aromatic rings. The summed E-state index contributed by atoms with van der Waals surface area (Å²) in [6, 6.07) is 8.30. The lowest BCUT2D eigenvalue weighted by Crippen LogP contribution is -2.46. The van der Waals surface area contributed by atoms with Gasteiger partial charge in [0.25, 0.3) is 0 Å². The van der Waals surface area contributed by atoms with Gasteiger partial charge in [-0.05, 0) is 30.0 Å². The molecule has 10 heteroatoms. The van der Waals surface area contributed by atoms with Gasteiger partial charge in [0, 0.05) is 29.7 Å². The van der Waals surface area contributed by atoms with Crippen molar-refractivity contribution in [3.05, 3.63) is 69.2 Å². The number of nitrogens with zero attached hydrogens (tertiary/aromatic N) is 2. The third-order valence-electron chi connectivity index (χ3n) is 5.35. The first-order chi connectivity index (χ1) is 16.7. The molecule has 1 saturated heterocycles. The molecule has 1 fully saturated rings. The van der Waals surface area contributed by atoms with Crippen LogP contribution in [-0.2, 0) is 10.2 Å². The molecule has 1 unspecified atom stereocenters. The van der Waals surface area contributed by atoms with Gasteiger partial charge in [-0.25, -0.2) is 13.6 Å². The van der Waals surface area contributed by atoms with Crippen LogP contribution >= 0.6 is 23.2 Å². The zero-order chi connectivity index (χ0) is 27.3. The molecule has 0 spiro atoms. The normalized spacial score (nSPS) is 19.1. The number of likely N-dealkylation sites (N-methyl/N-ethyl adjacent to an activating group) is 1. The van der Waals surface area contributed by atoms with Crippen molar-refractivity contribution in [2.24, 2.45) is 5.41 Å². The van der Waals surface area contributed by atoms with Crippen LogP contribution in [0.3, 0.4) is 0 Å². The van der Waals surface area contributed by atoms with Crippen LogP contribution in [0, 0.1) is 28.4 Å². The summed E-state index contributed by atoms with van der Waals surface area (Å²) in [5.74, 6) is -1.99. The molecule has 194 valence electrons. The summed E-state index contributed by atoms with van der Waals surface area (Å²) in [5.41, 5.74) is -1.15. The Hall–Kier alpha value is -2.89. The number of amides is 3. The van der Waals surface area contributed by atoms with Crippen molar-refractivity contribution in [3.8, 4) is 6.07 Å². The van der Waals surface area contributed by atoms with Crippen LogP contribution < -0.4 is 10.6 Å². The van der Waals surface area contributed by atoms with Gasteiger partial charge in [-0.3, -0.25) is 4.79 Å². The number of nitriles is 1. The number of rotatable bonds is 4. The molecule has 0 radical (unpaired) electrons. The van der Waals surface area contributed by atoms with Crippen LogP contribution in [0.5, 0.6) is 0 Å². The predicted molar refractivity (Wildman–Crippen MR) is 137 cm³/mol. The van der Waals surface area contributed by atoms with Crippen molar-refractivity contribution in [2.75, 3.05) is 20.1 Å². The molecule has 1 aliphatic rings. The third kappa shape index (κ3) is 6.86. The molecule has 1 heterocycles. The predicted octanol–water partition coefficient (Wildman–Crippen LogP) is 5.99. The first-order valence-electron chi connectivity index (χ1n) is 11.3. The second-order valence-electron chi connectivity index (χ2n) is 10.0. The maximum absolute atomic E-state index is 15.0. The van der Waals surface area contributed by atoms with Gasteiger partial charge >= 0.3 is 6.03 Å². The molecule has 3 amide bonds. The van der Waals surface area contributed by atoms with Gasteiger partial charge in [-0.2, -0.15) is 5.26 Å². The van der Waals surface area contributed by atoms with Crippen LogP contribution in [0.2, 0.25) is 10.0 Å². The highest BCUT2D eigenvalue weighted by Gasteiger charge is 2.53. The fraction of sp³-hybridized carbons (Fsp3) is 0.423. The average molecular weight is 539 g/mol. The molecule has 6 nitrogen and oxygen atoms in total. The minimum absolute atomic E-state index is 0.00891. The molecule has 2 atom stereocenters. The van der Waals surface area contributed by atoms with Gasteiger partial charge in [0.15, 0.2) is 0 Å². The van der Waals surface area contributed by atoms with Crippen molar-refractivity contribution in [3.63, 3.8) is 0 Å². The molecule has 2 aromatic carbocycles. The number of carbonyl (C=O) groups excluding carboxylic acids is 2. The van der Waals surface area contributed by atoms with E-state index in [0.717, 1.165) is 6.07 Å². The number of carbonyl (C=O) groups is 2. The Bertz CT molecular complexity index is 1160. The number of halogens is 4. The maximum atomic E-state index is 15.0. The lowest BCUT2D eigenvalue weighted by atomic mass is 9.72. The second-order valence-corrected chi connectivity index (χ2v) is 10.9. The molecule has 0 bridgehead atoms. The maximum Gasteiger partial charge on any atom is 0.318 e. The van der Waals surface area contributed by atoms with E-state index in [4.69, 9.17) is 23.2 Å². The molecule has 0 aliphatic carbocycles. The molecule has 2 N–H and O–H groups in total. The highest BCUT2D eigenvalue weighted by atomic mass is 35.5. The number of hydrogen-bond donors (Lipinski definition) is 2. The second kappa shape index (κ2) is 11.9. The monoisotopic (exact) mass is 538 g/mol. The molecule has 1 aliphatic heterocycles. The summed E-state index contributed by atoms with van der Waals surface area (Å²) >= 11 is 11.8. The Kier molecular flexibility index (Phi) is 9.70. The molecule has 0 saturated carbocycles. The van der Waals surface area contributed by atoms with Crippen molar-refractivity contribution in [1.29, 1.82) is 5.26 Å². The van der Waals surface area contributed by atoms with E-state index in [0.29, 0.717) is 5.41 Å². The molecule has 3 rings (SSSR count). The molecular weight excluding hydrogens is 509 g/mol. The summed E-state index contributed by atoms with van der Waals surface area (Å²) < 4.78 is 29.9. The quantitative estimate of drug-likeness (QED) is 0.501. The lowest BCUT2D eigenvalue weighted by Gasteiger charge is -2.34. The van der Waals surface area contributed by atoms with Gasteiger partial charge in [0.05, 0.1) is 23.7 Å². The first kappa shape index (κ1) is 29.3. The highest BCUT2D eigenvalue weighted by molar-refractivity contribution is 6.31. The lowest BCUT2D eigenvalue weighted by molar-refractivity contribution is -0.119. The van der Waals surface area contributed by atoms with Gasteiger partial charge in [-0.15, -0.1) is 0 Å². The summed E-state index contributed by atoms with van der Waals surface area (Å²) in [5, 5.41) is 14.9. The largest absolute Gasteiger partial charge is 0.358 e. The number of benzene rings is 2. The Morgan fingerprint density at radius 3 is 2.39 bits per heavy atom. The summed E-state index contributed by atoms with van der Waals surface area (Å²) in [7, 11) is 1.42. The zero-order valence-electron chi connectivity index (χ0n) is 20.9. The molecular formula is C26H30Cl2F2N4O2. The number of likely N-dealkylation sites (tertiary alicyclic amines) is 1. The fourth-order valence-corrected chi connectivity index (χ4v) is 4.21. The Morgan fingerprint density at radius 1 is 1.19 bits per heavy atom. The number of hydrogen-bond acceptors (Lipinski definition) is 3. The van der Waals surface area contributed by atoms with Crippen LogP contribution in [0.15, 0.2) is 36.4 Å². The van der Waals surface area contributed by atoms with E-state index >= 15 is 4.39 Å². The van der Waals surface area contributed by atoms with Crippen LogP contribution in [0.4, 0.5) is 13.6 Å². The van der Waals surface area contributed by atoms with Crippen molar-refractivity contribution >= 4 is 35.1 Å². The van der Waals surface area contributed by atoms with E-state index in [-0.39, 0.29) is 40.7 Å². The minimum atomic E-state index is -1.61. The van der Waals surface area contributed by atoms with E-state index in [1.807, 2.05) is 0 Å². The molecule has 36 heavy (non-hydrogen) atoms. The summed E-state index contributed by atoms with van der Waals surface area (Å²) in [6.07, 6.45) is 0.0338. The Balaban J connectivity index is 0.000000830. The van der Waals surface area contributed by atoms with Crippen LogP contribution in [0.25, 0.3) is 0 Å². The van der Waals surface area contributed by atoms with E-state index in [9.17, 15) is 19.2 Å². The highest BCUT2D eigenvalue weighted by Crippen LogP contribution is 2.50. The summed E-state index contributed by atoms with van der Waals surface area (Å²) in [4.78, 5) is 25.6. The number of nitrogens with one attached hydrogen (secondary N) is 2. The minimum Gasteiger partial charge on any atom is -0.358 e. The fourth-order valence-electron chi connectivity index (χ4n) is 3.87. The van der Waals surface area contributed by atoms with Crippen LogP contribution in [0.1, 0.15) is 51.3 Å². The van der Waals surface area contributed by atoms with Crippen molar-refractivity contribution in [1.82, 2.24) is 15.5 Å². The zero-order valence-corrected chi connectivity index (χ0v) is 22.4. The van der Waals surface area contributed by atoms with E-state index in [2.05, 4.69) is 44.4 Å². The van der Waals surface area contributed by atoms with Crippen molar-refractivity contribution < 1.29 is 18.4 Å². The van der Waals surface area contributed by atoms with Gasteiger partial charge in [0.2, 0.25) is 5.91 Å². The Labute approximate surface area is 220 Å². The van der Waals surface area contributed by atoms with Gasteiger partial charge in [0.1, 0.15) is 17.0 Å². The van der Waals surface area contributed by atoms with E-state index in [1.54, 1.807) is 0 Å². The standard InChI is InChI=1S/C21H18Cl2F2N4O2.C5H12/c1-27-17(30)10-28-20(31)29-8-7-21(11-26,14-6-5-12(22)9-16(14)24)19(29)13-3-2-4-15(23)18(13)25;1-5(2,3)4/h2-6,9,19H,7-8,10H2,1H3,(H,27,30)(H,28,31);1-4H3/t19-,21?;/m1./s1.